The Morgan fingerprint density at radius 1 is 1.44 bits per heavy atom. The number of nitrogens with two attached hydrogens (primary N) is 1. The van der Waals surface area contributed by atoms with Gasteiger partial charge in [0.1, 0.15) is 5.82 Å². The molecule has 3 nitrogen and oxygen atoms in total. The average Bonchev–Trinajstić information content (AvgIpc) is 2.33. The van der Waals surface area contributed by atoms with Gasteiger partial charge in [0.25, 0.3) is 0 Å². The highest BCUT2D eigenvalue weighted by atomic mass is 19.1. The van der Waals surface area contributed by atoms with Gasteiger partial charge in [0.05, 0.1) is 0 Å². The van der Waals surface area contributed by atoms with Crippen LogP contribution in [0.3, 0.4) is 0 Å². The maximum atomic E-state index is 13.6. The zero-order chi connectivity index (χ0) is 13.7. The van der Waals surface area contributed by atoms with Gasteiger partial charge in [-0.05, 0) is 50.5 Å². The van der Waals surface area contributed by atoms with E-state index in [9.17, 15) is 4.39 Å². The van der Waals surface area contributed by atoms with Gasteiger partial charge in [0.15, 0.2) is 0 Å². The summed E-state index contributed by atoms with van der Waals surface area (Å²) in [6.45, 7) is 7.37. The van der Waals surface area contributed by atoms with Crippen LogP contribution in [0.25, 0.3) is 0 Å². The van der Waals surface area contributed by atoms with Crippen molar-refractivity contribution >= 4 is 5.69 Å². The molecule has 0 aliphatic carbocycles. The van der Waals surface area contributed by atoms with Gasteiger partial charge in [0.2, 0.25) is 0 Å². The van der Waals surface area contributed by atoms with E-state index in [-0.39, 0.29) is 18.5 Å². The van der Waals surface area contributed by atoms with E-state index in [0.29, 0.717) is 12.0 Å². The Balaban J connectivity index is 3.14. The molecule has 3 N–H and O–H groups in total. The summed E-state index contributed by atoms with van der Waals surface area (Å²) in [5.74, 6) is -0.218. The minimum absolute atomic E-state index is 0.157. The number of anilines is 1. The van der Waals surface area contributed by atoms with Gasteiger partial charge >= 0.3 is 0 Å². The highest BCUT2D eigenvalue weighted by molar-refractivity contribution is 5.57. The summed E-state index contributed by atoms with van der Waals surface area (Å²) >= 11 is 0. The van der Waals surface area contributed by atoms with Crippen molar-refractivity contribution in [2.45, 2.75) is 33.2 Å². The van der Waals surface area contributed by atoms with Crippen LogP contribution in [0.4, 0.5) is 10.1 Å². The molecule has 1 aromatic carbocycles. The van der Waals surface area contributed by atoms with Gasteiger partial charge in [0, 0.05) is 31.4 Å². The molecular weight excluding hydrogens is 231 g/mol. The Bertz CT molecular complexity index is 394. The fourth-order valence-corrected chi connectivity index (χ4v) is 2.03. The van der Waals surface area contributed by atoms with Gasteiger partial charge in [-0.3, -0.25) is 0 Å². The quantitative estimate of drug-likeness (QED) is 0.819. The van der Waals surface area contributed by atoms with Crippen molar-refractivity contribution in [3.05, 3.63) is 29.1 Å². The van der Waals surface area contributed by atoms with Crippen LogP contribution in [0.1, 0.15) is 37.4 Å². The van der Waals surface area contributed by atoms with Crippen LogP contribution in [0.2, 0.25) is 0 Å². The molecule has 0 bridgehead atoms. The molecular formula is C14H23FN2O. The fourth-order valence-electron chi connectivity index (χ4n) is 2.03. The molecule has 1 aromatic rings. The van der Waals surface area contributed by atoms with Gasteiger partial charge < -0.3 is 15.7 Å². The third kappa shape index (κ3) is 3.43. The second kappa shape index (κ2) is 6.71. The van der Waals surface area contributed by atoms with Crippen molar-refractivity contribution < 1.29 is 9.50 Å². The Morgan fingerprint density at radius 2 is 2.11 bits per heavy atom. The summed E-state index contributed by atoms with van der Waals surface area (Å²) in [5, 5.41) is 8.92. The zero-order valence-electron chi connectivity index (χ0n) is 11.4. The average molecular weight is 254 g/mol. The largest absolute Gasteiger partial charge is 0.396 e. The lowest BCUT2D eigenvalue weighted by atomic mass is 10.0. The molecule has 18 heavy (non-hydrogen) atoms. The maximum Gasteiger partial charge on any atom is 0.126 e. The fraction of sp³-hybridized carbons (Fsp3) is 0.571. The molecule has 0 saturated heterocycles. The second-order valence-electron chi connectivity index (χ2n) is 4.61. The summed E-state index contributed by atoms with van der Waals surface area (Å²) < 4.78 is 13.6. The van der Waals surface area contributed by atoms with Crippen LogP contribution < -0.4 is 10.6 Å². The molecule has 4 heteroatoms. The van der Waals surface area contributed by atoms with E-state index < -0.39 is 0 Å². The predicted molar refractivity (Wildman–Crippen MR) is 73.3 cm³/mol. The van der Waals surface area contributed by atoms with Crippen LogP contribution in [0.5, 0.6) is 0 Å². The molecule has 0 unspecified atom stereocenters. The highest BCUT2D eigenvalue weighted by Crippen LogP contribution is 2.28. The van der Waals surface area contributed by atoms with Crippen molar-refractivity contribution in [2.24, 2.45) is 5.73 Å². The van der Waals surface area contributed by atoms with Gasteiger partial charge in [-0.1, -0.05) is 0 Å². The molecule has 1 rings (SSSR count). The van der Waals surface area contributed by atoms with Gasteiger partial charge in [-0.25, -0.2) is 4.39 Å². The van der Waals surface area contributed by atoms with Crippen molar-refractivity contribution in [1.29, 1.82) is 0 Å². The summed E-state index contributed by atoms with van der Waals surface area (Å²) in [4.78, 5) is 2.13. The predicted octanol–water partition coefficient (Wildman–Crippen LogP) is 2.36. The van der Waals surface area contributed by atoms with E-state index in [1.165, 1.54) is 6.07 Å². The lowest BCUT2D eigenvalue weighted by Gasteiger charge is -2.27. The minimum atomic E-state index is -0.218. The van der Waals surface area contributed by atoms with Crippen LogP contribution >= 0.6 is 0 Å². The molecule has 0 aromatic heterocycles. The van der Waals surface area contributed by atoms with Gasteiger partial charge in [-0.15, -0.1) is 0 Å². The number of hydrogen-bond donors (Lipinski definition) is 2. The minimum Gasteiger partial charge on any atom is -0.396 e. The molecule has 0 fully saturated rings. The molecule has 102 valence electrons. The monoisotopic (exact) mass is 254 g/mol. The number of rotatable bonds is 6. The normalized spacial score (nSPS) is 12.6. The van der Waals surface area contributed by atoms with Crippen molar-refractivity contribution in [3.63, 3.8) is 0 Å². The molecule has 0 heterocycles. The molecule has 0 aliphatic heterocycles. The molecule has 0 radical (unpaired) electrons. The van der Waals surface area contributed by atoms with Crippen LogP contribution in [0, 0.1) is 12.7 Å². The first kappa shape index (κ1) is 14.9. The number of halogens is 1. The first-order valence-electron chi connectivity index (χ1n) is 6.42. The van der Waals surface area contributed by atoms with E-state index >= 15 is 0 Å². The SMILES string of the molecule is CCN(CCCO)c1cc(C)c(F)cc1[C@H](C)N. The number of benzene rings is 1. The lowest BCUT2D eigenvalue weighted by Crippen LogP contribution is -2.27. The lowest BCUT2D eigenvalue weighted by molar-refractivity contribution is 0.289. The Labute approximate surface area is 108 Å². The highest BCUT2D eigenvalue weighted by Gasteiger charge is 2.15. The van der Waals surface area contributed by atoms with Crippen LogP contribution in [-0.4, -0.2) is 24.8 Å². The molecule has 1 atom stereocenters. The molecule has 0 saturated carbocycles. The Kier molecular flexibility index (Phi) is 5.56. The zero-order valence-corrected chi connectivity index (χ0v) is 11.4. The van der Waals surface area contributed by atoms with E-state index in [4.69, 9.17) is 10.8 Å². The summed E-state index contributed by atoms with van der Waals surface area (Å²) in [6, 6.07) is 3.16. The topological polar surface area (TPSA) is 49.5 Å². The number of aliphatic hydroxyl groups excluding tert-OH is 1. The summed E-state index contributed by atoms with van der Waals surface area (Å²) in [6.07, 6.45) is 0.697. The van der Waals surface area contributed by atoms with Crippen molar-refractivity contribution in [2.75, 3.05) is 24.6 Å². The number of hydrogen-bond acceptors (Lipinski definition) is 3. The summed E-state index contributed by atoms with van der Waals surface area (Å²) in [5.41, 5.74) is 8.32. The third-order valence-electron chi connectivity index (χ3n) is 3.11. The smallest absolute Gasteiger partial charge is 0.126 e. The van der Waals surface area contributed by atoms with Crippen molar-refractivity contribution in [3.8, 4) is 0 Å². The standard InChI is InChI=1S/C14H23FN2O/c1-4-17(6-5-7-18)14-8-10(2)13(15)9-12(14)11(3)16/h8-9,11,18H,4-7,16H2,1-3H3/t11-/m0/s1. The second-order valence-corrected chi connectivity index (χ2v) is 4.61. The number of nitrogens with zero attached hydrogens (tertiary/aromatic N) is 1. The third-order valence-corrected chi connectivity index (χ3v) is 3.11. The first-order chi connectivity index (χ1) is 8.51. The van der Waals surface area contributed by atoms with E-state index in [1.54, 1.807) is 6.92 Å². The van der Waals surface area contributed by atoms with E-state index in [1.807, 2.05) is 19.9 Å². The number of aryl methyl sites for hydroxylation is 1. The molecule has 0 amide bonds. The maximum absolute atomic E-state index is 13.6. The van der Waals surface area contributed by atoms with Gasteiger partial charge in [-0.2, -0.15) is 0 Å². The Hall–Kier alpha value is -1.13. The molecule has 0 aliphatic rings. The molecule has 0 spiro atoms. The Morgan fingerprint density at radius 3 is 2.61 bits per heavy atom. The van der Waals surface area contributed by atoms with Crippen molar-refractivity contribution in [1.82, 2.24) is 0 Å². The van der Waals surface area contributed by atoms with E-state index in [0.717, 1.165) is 24.3 Å². The number of aliphatic hydroxyl groups is 1. The first-order valence-corrected chi connectivity index (χ1v) is 6.42. The van der Waals surface area contributed by atoms with Crippen LogP contribution in [-0.2, 0) is 0 Å². The van der Waals surface area contributed by atoms with Crippen LogP contribution in [0.15, 0.2) is 12.1 Å². The summed E-state index contributed by atoms with van der Waals surface area (Å²) in [7, 11) is 0. The van der Waals surface area contributed by atoms with E-state index in [2.05, 4.69) is 4.90 Å².